The van der Waals surface area contributed by atoms with Crippen molar-refractivity contribution < 1.29 is 9.53 Å². The first kappa shape index (κ1) is 15.8. The van der Waals surface area contributed by atoms with E-state index in [9.17, 15) is 4.79 Å². The first-order chi connectivity index (χ1) is 11.0. The number of aromatic nitrogens is 1. The SMILES string of the molecule is CC1CN(c2ncc(C(N)=O)cc2Cl)CC(c2ccccc2)O1. The fourth-order valence-electron chi connectivity index (χ4n) is 2.77. The van der Waals surface area contributed by atoms with Crippen molar-refractivity contribution in [2.75, 3.05) is 18.0 Å². The van der Waals surface area contributed by atoms with Crippen molar-refractivity contribution in [3.63, 3.8) is 0 Å². The summed E-state index contributed by atoms with van der Waals surface area (Å²) in [5.41, 5.74) is 6.68. The molecule has 2 N–H and O–H groups in total. The van der Waals surface area contributed by atoms with E-state index in [2.05, 4.69) is 9.88 Å². The van der Waals surface area contributed by atoms with Crippen LogP contribution in [0.25, 0.3) is 0 Å². The van der Waals surface area contributed by atoms with Gasteiger partial charge in [0, 0.05) is 19.3 Å². The quantitative estimate of drug-likeness (QED) is 0.939. The maximum absolute atomic E-state index is 11.2. The molecule has 0 saturated carbocycles. The highest BCUT2D eigenvalue weighted by Gasteiger charge is 2.28. The minimum Gasteiger partial charge on any atom is -0.367 e. The summed E-state index contributed by atoms with van der Waals surface area (Å²) in [5, 5.41) is 0.419. The maximum atomic E-state index is 11.2. The van der Waals surface area contributed by atoms with Gasteiger partial charge in [0.15, 0.2) is 0 Å². The largest absolute Gasteiger partial charge is 0.367 e. The third-order valence-electron chi connectivity index (χ3n) is 3.84. The van der Waals surface area contributed by atoms with Gasteiger partial charge in [-0.3, -0.25) is 4.79 Å². The first-order valence-electron chi connectivity index (χ1n) is 7.45. The summed E-state index contributed by atoms with van der Waals surface area (Å²) in [6.45, 7) is 3.36. The van der Waals surface area contributed by atoms with Crippen molar-refractivity contribution in [2.45, 2.75) is 19.1 Å². The minimum absolute atomic E-state index is 0.0441. The van der Waals surface area contributed by atoms with Gasteiger partial charge in [-0.25, -0.2) is 4.98 Å². The van der Waals surface area contributed by atoms with E-state index < -0.39 is 5.91 Å². The van der Waals surface area contributed by atoms with Gasteiger partial charge in [0.1, 0.15) is 11.9 Å². The van der Waals surface area contributed by atoms with Crippen LogP contribution in [0.15, 0.2) is 42.6 Å². The predicted octanol–water partition coefficient (Wildman–Crippen LogP) is 2.80. The third kappa shape index (κ3) is 3.46. The fraction of sp³-hybridized carbons (Fsp3) is 0.294. The van der Waals surface area contributed by atoms with E-state index in [1.807, 2.05) is 37.3 Å². The lowest BCUT2D eigenvalue weighted by atomic mass is 10.1. The van der Waals surface area contributed by atoms with E-state index in [-0.39, 0.29) is 12.2 Å². The lowest BCUT2D eigenvalue weighted by molar-refractivity contribution is -0.0176. The van der Waals surface area contributed by atoms with E-state index >= 15 is 0 Å². The van der Waals surface area contributed by atoms with Gasteiger partial charge in [-0.15, -0.1) is 0 Å². The molecule has 1 aromatic carbocycles. The monoisotopic (exact) mass is 331 g/mol. The van der Waals surface area contributed by atoms with Crippen LogP contribution in [0.5, 0.6) is 0 Å². The van der Waals surface area contributed by atoms with Crippen LogP contribution in [0.4, 0.5) is 5.82 Å². The Morgan fingerprint density at radius 2 is 2.09 bits per heavy atom. The molecular weight excluding hydrogens is 314 g/mol. The highest BCUT2D eigenvalue weighted by molar-refractivity contribution is 6.33. The Bertz CT molecular complexity index is 708. The number of nitrogens with zero attached hydrogens (tertiary/aromatic N) is 2. The number of hydrogen-bond acceptors (Lipinski definition) is 4. The number of halogens is 1. The van der Waals surface area contributed by atoms with Gasteiger partial charge < -0.3 is 15.4 Å². The summed E-state index contributed by atoms with van der Waals surface area (Å²) in [6, 6.07) is 11.6. The maximum Gasteiger partial charge on any atom is 0.250 e. The molecule has 2 heterocycles. The van der Waals surface area contributed by atoms with Crippen molar-refractivity contribution >= 4 is 23.3 Å². The summed E-state index contributed by atoms with van der Waals surface area (Å²) in [4.78, 5) is 17.6. The molecule has 2 atom stereocenters. The summed E-state index contributed by atoms with van der Waals surface area (Å²) in [5.74, 6) is 0.108. The van der Waals surface area contributed by atoms with Crippen molar-refractivity contribution in [3.8, 4) is 0 Å². The number of anilines is 1. The summed E-state index contributed by atoms with van der Waals surface area (Å²) < 4.78 is 6.04. The zero-order valence-corrected chi connectivity index (χ0v) is 13.5. The fourth-order valence-corrected chi connectivity index (χ4v) is 3.06. The average molecular weight is 332 g/mol. The van der Waals surface area contributed by atoms with E-state index in [0.29, 0.717) is 29.5 Å². The number of ether oxygens (including phenoxy) is 1. The second-order valence-electron chi connectivity index (χ2n) is 5.64. The lowest BCUT2D eigenvalue weighted by Crippen LogP contribution is -2.43. The Labute approximate surface area is 140 Å². The number of carbonyl (C=O) groups is 1. The van der Waals surface area contributed by atoms with Crippen molar-refractivity contribution in [2.24, 2.45) is 5.73 Å². The second-order valence-corrected chi connectivity index (χ2v) is 6.05. The van der Waals surface area contributed by atoms with Crippen LogP contribution in [0, 0.1) is 0 Å². The van der Waals surface area contributed by atoms with Gasteiger partial charge in [0.05, 0.1) is 16.7 Å². The molecule has 3 rings (SSSR count). The highest BCUT2D eigenvalue weighted by atomic mass is 35.5. The van der Waals surface area contributed by atoms with E-state index in [1.165, 1.54) is 6.20 Å². The summed E-state index contributed by atoms with van der Waals surface area (Å²) >= 11 is 6.30. The minimum atomic E-state index is -0.538. The smallest absolute Gasteiger partial charge is 0.250 e. The van der Waals surface area contributed by atoms with Crippen LogP contribution < -0.4 is 10.6 Å². The second kappa shape index (κ2) is 6.56. The Morgan fingerprint density at radius 3 is 2.74 bits per heavy atom. The molecule has 1 aromatic heterocycles. The molecule has 0 aliphatic carbocycles. The van der Waals surface area contributed by atoms with Crippen molar-refractivity contribution in [1.29, 1.82) is 0 Å². The topological polar surface area (TPSA) is 68.5 Å². The van der Waals surface area contributed by atoms with E-state index in [4.69, 9.17) is 22.1 Å². The van der Waals surface area contributed by atoms with E-state index in [1.54, 1.807) is 6.07 Å². The third-order valence-corrected chi connectivity index (χ3v) is 4.12. The molecule has 5 nitrogen and oxygen atoms in total. The van der Waals surface area contributed by atoms with Crippen LogP contribution in [-0.4, -0.2) is 30.1 Å². The summed E-state index contributed by atoms with van der Waals surface area (Å²) in [6.07, 6.45) is 1.46. The van der Waals surface area contributed by atoms with Crippen molar-refractivity contribution in [3.05, 3.63) is 58.7 Å². The first-order valence-corrected chi connectivity index (χ1v) is 7.83. The average Bonchev–Trinajstić information content (AvgIpc) is 2.55. The Morgan fingerprint density at radius 1 is 1.35 bits per heavy atom. The normalized spacial score (nSPS) is 21.2. The molecule has 2 aromatic rings. The number of hydrogen-bond donors (Lipinski definition) is 1. The number of primary amides is 1. The molecule has 2 unspecified atom stereocenters. The molecule has 1 aliphatic rings. The Kier molecular flexibility index (Phi) is 4.50. The number of benzene rings is 1. The Balaban J connectivity index is 1.86. The molecule has 1 saturated heterocycles. The van der Waals surface area contributed by atoms with Crippen LogP contribution in [-0.2, 0) is 4.74 Å². The number of pyridine rings is 1. The molecule has 120 valence electrons. The van der Waals surface area contributed by atoms with Gasteiger partial charge in [-0.2, -0.15) is 0 Å². The molecule has 1 fully saturated rings. The van der Waals surface area contributed by atoms with Gasteiger partial charge >= 0.3 is 0 Å². The molecule has 0 radical (unpaired) electrons. The van der Waals surface area contributed by atoms with Gasteiger partial charge in [0.2, 0.25) is 5.91 Å². The molecular formula is C17H18ClN3O2. The number of morpholine rings is 1. The van der Waals surface area contributed by atoms with Crippen LogP contribution in [0.1, 0.15) is 28.9 Å². The number of amides is 1. The summed E-state index contributed by atoms with van der Waals surface area (Å²) in [7, 11) is 0. The van der Waals surface area contributed by atoms with Gasteiger partial charge in [-0.05, 0) is 18.6 Å². The Hall–Kier alpha value is -2.11. The molecule has 0 bridgehead atoms. The number of rotatable bonds is 3. The molecule has 6 heteroatoms. The van der Waals surface area contributed by atoms with Crippen LogP contribution >= 0.6 is 11.6 Å². The van der Waals surface area contributed by atoms with E-state index in [0.717, 1.165) is 5.56 Å². The van der Waals surface area contributed by atoms with Gasteiger partial charge in [-0.1, -0.05) is 41.9 Å². The lowest BCUT2D eigenvalue weighted by Gasteiger charge is -2.38. The number of carbonyl (C=O) groups excluding carboxylic acids is 1. The zero-order valence-electron chi connectivity index (χ0n) is 12.8. The van der Waals surface area contributed by atoms with Crippen molar-refractivity contribution in [1.82, 2.24) is 4.98 Å². The van der Waals surface area contributed by atoms with Crippen LogP contribution in [0.2, 0.25) is 5.02 Å². The van der Waals surface area contributed by atoms with Crippen LogP contribution in [0.3, 0.4) is 0 Å². The van der Waals surface area contributed by atoms with Gasteiger partial charge in [0.25, 0.3) is 0 Å². The number of nitrogens with two attached hydrogens (primary N) is 1. The molecule has 0 spiro atoms. The molecule has 23 heavy (non-hydrogen) atoms. The highest BCUT2D eigenvalue weighted by Crippen LogP contribution is 2.31. The predicted molar refractivity (Wildman–Crippen MR) is 89.7 cm³/mol. The zero-order chi connectivity index (χ0) is 16.4. The molecule has 1 aliphatic heterocycles. The molecule has 1 amide bonds. The standard InChI is InChI=1S/C17H18ClN3O2/c1-11-9-21(10-15(23-11)12-5-3-2-4-6-12)17-14(18)7-13(8-20-17)16(19)22/h2-8,11,15H,9-10H2,1H3,(H2,19,22).